The Kier molecular flexibility index (Phi) is 4.79. The number of ether oxygens (including phenoxy) is 1. The fourth-order valence-electron chi connectivity index (χ4n) is 7.05. The number of imide groups is 1. The molecule has 2 amide bonds. The number of nitrogens with zero attached hydrogens (tertiary/aromatic N) is 1. The number of halogens is 1. The van der Waals surface area contributed by atoms with E-state index in [0.717, 1.165) is 27.6 Å². The number of benzene rings is 2. The minimum Gasteiger partial charge on any atom is -0.497 e. The van der Waals surface area contributed by atoms with Crippen molar-refractivity contribution in [2.45, 2.75) is 22.6 Å². The molecule has 35 heavy (non-hydrogen) atoms. The molecule has 7 rings (SSSR count). The molecule has 2 saturated carbocycles. The summed E-state index contributed by atoms with van der Waals surface area (Å²) in [5.74, 6) is 0.346. The van der Waals surface area contributed by atoms with E-state index in [0.29, 0.717) is 10.7 Å². The Bertz CT molecular complexity index is 1420. The van der Waals surface area contributed by atoms with E-state index in [1.807, 2.05) is 12.1 Å². The lowest BCUT2D eigenvalue weighted by Gasteiger charge is -2.43. The van der Waals surface area contributed by atoms with E-state index in [-0.39, 0.29) is 57.4 Å². The van der Waals surface area contributed by atoms with Crippen LogP contribution in [0.25, 0.3) is 0 Å². The molecule has 3 heterocycles. The minimum atomic E-state index is -0.317. The number of thiazole rings is 1. The fraction of sp³-hybridized carbons (Fsp3) is 0.346. The lowest BCUT2D eigenvalue weighted by atomic mass is 9.68. The van der Waals surface area contributed by atoms with Gasteiger partial charge < -0.3 is 9.72 Å². The zero-order valence-corrected chi connectivity index (χ0v) is 21.0. The minimum absolute atomic E-state index is 0.00883. The summed E-state index contributed by atoms with van der Waals surface area (Å²) in [6.45, 7) is 0. The van der Waals surface area contributed by atoms with Gasteiger partial charge in [-0.3, -0.25) is 19.3 Å². The van der Waals surface area contributed by atoms with Crippen LogP contribution in [-0.4, -0.2) is 29.2 Å². The van der Waals surface area contributed by atoms with E-state index in [4.69, 9.17) is 16.3 Å². The molecule has 1 aromatic heterocycles. The van der Waals surface area contributed by atoms with Gasteiger partial charge in [0.2, 0.25) is 11.8 Å². The molecule has 2 aliphatic heterocycles. The zero-order valence-electron chi connectivity index (χ0n) is 18.6. The Balaban J connectivity index is 1.31. The first-order chi connectivity index (χ1) is 17.0. The Morgan fingerprint density at radius 3 is 2.34 bits per heavy atom. The second-order valence-corrected chi connectivity index (χ2v) is 12.4. The quantitative estimate of drug-likeness (QED) is 0.499. The average Bonchev–Trinajstić information content (AvgIpc) is 3.59. The number of methoxy groups -OCH3 is 1. The van der Waals surface area contributed by atoms with Crippen LogP contribution in [-0.2, 0) is 9.59 Å². The molecule has 9 heteroatoms. The predicted molar refractivity (Wildman–Crippen MR) is 135 cm³/mol. The van der Waals surface area contributed by atoms with E-state index >= 15 is 0 Å². The highest BCUT2D eigenvalue weighted by Crippen LogP contribution is 2.68. The van der Waals surface area contributed by atoms with Crippen molar-refractivity contribution in [1.82, 2.24) is 4.98 Å². The standard InChI is InChI=1S/C26H21ClN2O4S2/c1-33-14-8-2-11(3-9-14)17-18-15-10-16(21(18)34-23-22(17)35-26(32)28-23)20-19(15)24(30)29(25(20)31)13-6-4-12(27)5-7-13/h2-9,15-21H,10H2,1H3,(H,28,32)/t15-,16-,17+,18+,19+,20+,21-/m1/s1. The summed E-state index contributed by atoms with van der Waals surface area (Å²) in [5.41, 5.74) is 1.71. The maximum atomic E-state index is 13.7. The first kappa shape index (κ1) is 21.7. The van der Waals surface area contributed by atoms with Crippen LogP contribution in [0, 0.1) is 29.6 Å². The summed E-state index contributed by atoms with van der Waals surface area (Å²) in [7, 11) is 1.64. The summed E-state index contributed by atoms with van der Waals surface area (Å²) >= 11 is 9.01. The summed E-state index contributed by atoms with van der Waals surface area (Å²) in [6, 6.07) is 14.9. The first-order valence-corrected chi connectivity index (χ1v) is 13.7. The molecule has 1 saturated heterocycles. The molecular formula is C26H21ClN2O4S2. The number of anilines is 1. The number of thioether (sulfide) groups is 1. The molecule has 2 aromatic carbocycles. The molecule has 3 aromatic rings. The molecule has 2 aliphatic carbocycles. The number of H-pyrrole nitrogens is 1. The van der Waals surface area contributed by atoms with Crippen molar-refractivity contribution in [3.05, 3.63) is 73.7 Å². The Morgan fingerprint density at radius 1 is 0.971 bits per heavy atom. The van der Waals surface area contributed by atoms with Gasteiger partial charge in [0.05, 0.1) is 29.7 Å². The molecule has 4 aliphatic rings. The van der Waals surface area contributed by atoms with Crippen LogP contribution in [0.2, 0.25) is 5.02 Å². The summed E-state index contributed by atoms with van der Waals surface area (Å²) in [4.78, 5) is 45.1. The second-order valence-electron chi connectivity index (χ2n) is 9.72. The van der Waals surface area contributed by atoms with Gasteiger partial charge in [-0.2, -0.15) is 0 Å². The monoisotopic (exact) mass is 524 g/mol. The van der Waals surface area contributed by atoms with E-state index in [2.05, 4.69) is 17.1 Å². The summed E-state index contributed by atoms with van der Waals surface area (Å²) < 4.78 is 5.36. The van der Waals surface area contributed by atoms with Gasteiger partial charge in [-0.1, -0.05) is 35.1 Å². The van der Waals surface area contributed by atoms with Crippen molar-refractivity contribution in [1.29, 1.82) is 0 Å². The summed E-state index contributed by atoms with van der Waals surface area (Å²) in [6.07, 6.45) is 0.870. The van der Waals surface area contributed by atoms with Gasteiger partial charge in [-0.15, -0.1) is 11.8 Å². The highest BCUT2D eigenvalue weighted by molar-refractivity contribution is 8.00. The van der Waals surface area contributed by atoms with Crippen LogP contribution in [0.3, 0.4) is 0 Å². The molecule has 178 valence electrons. The largest absolute Gasteiger partial charge is 0.497 e. The number of aromatic nitrogens is 1. The SMILES string of the molecule is COc1ccc([C@@H]2c3sc(=O)[nH]c3S[C@@H]3[C@@H]4C[C@@H]([C@@H]5C(=O)N(c6ccc(Cl)cc6)C(=O)[C@@H]45)[C@@H]23)cc1. The molecule has 6 nitrogen and oxygen atoms in total. The maximum absolute atomic E-state index is 13.7. The van der Waals surface area contributed by atoms with E-state index in [1.54, 1.807) is 43.1 Å². The smallest absolute Gasteiger partial charge is 0.305 e. The van der Waals surface area contributed by atoms with Crippen LogP contribution in [0.5, 0.6) is 5.75 Å². The number of amides is 2. The molecule has 0 radical (unpaired) electrons. The van der Waals surface area contributed by atoms with Crippen LogP contribution < -0.4 is 14.5 Å². The topological polar surface area (TPSA) is 79.5 Å². The van der Waals surface area contributed by atoms with Crippen LogP contribution in [0.1, 0.15) is 22.8 Å². The lowest BCUT2D eigenvalue weighted by Crippen LogP contribution is -2.42. The van der Waals surface area contributed by atoms with E-state index < -0.39 is 0 Å². The Morgan fingerprint density at radius 2 is 1.66 bits per heavy atom. The van der Waals surface area contributed by atoms with Crippen molar-refractivity contribution in [3.63, 3.8) is 0 Å². The number of aromatic amines is 1. The number of carbonyl (C=O) groups is 2. The van der Waals surface area contributed by atoms with Crippen molar-refractivity contribution in [2.24, 2.45) is 29.6 Å². The van der Waals surface area contributed by atoms with Gasteiger partial charge in [0.1, 0.15) is 5.75 Å². The number of rotatable bonds is 3. The number of fused-ring (bicyclic) bond motifs is 9. The predicted octanol–water partition coefficient (Wildman–Crippen LogP) is 4.78. The van der Waals surface area contributed by atoms with Gasteiger partial charge in [0.15, 0.2) is 0 Å². The number of nitrogens with one attached hydrogen (secondary N) is 1. The highest BCUT2D eigenvalue weighted by Gasteiger charge is 2.69. The third-order valence-electron chi connectivity index (χ3n) is 8.28. The summed E-state index contributed by atoms with van der Waals surface area (Å²) in [5, 5.41) is 1.66. The molecule has 0 unspecified atom stereocenters. The average molecular weight is 525 g/mol. The molecule has 2 bridgehead atoms. The normalized spacial score (nSPS) is 32.5. The van der Waals surface area contributed by atoms with Gasteiger partial charge in [-0.25, -0.2) is 0 Å². The maximum Gasteiger partial charge on any atom is 0.305 e. The molecule has 1 N–H and O–H groups in total. The van der Waals surface area contributed by atoms with Crippen LogP contribution in [0.4, 0.5) is 5.69 Å². The lowest BCUT2D eigenvalue weighted by molar-refractivity contribution is -0.123. The molecule has 3 fully saturated rings. The molecule has 0 spiro atoms. The molecule has 7 atom stereocenters. The first-order valence-electron chi connectivity index (χ1n) is 11.6. The fourth-order valence-corrected chi connectivity index (χ4v) is 10.1. The Labute approximate surface area is 214 Å². The van der Waals surface area contributed by atoms with Crippen LogP contribution in [0.15, 0.2) is 58.4 Å². The van der Waals surface area contributed by atoms with Gasteiger partial charge in [0, 0.05) is 21.1 Å². The van der Waals surface area contributed by atoms with Gasteiger partial charge >= 0.3 is 4.87 Å². The van der Waals surface area contributed by atoms with Crippen LogP contribution >= 0.6 is 34.7 Å². The van der Waals surface area contributed by atoms with Crippen molar-refractivity contribution >= 4 is 52.2 Å². The van der Waals surface area contributed by atoms with Crippen molar-refractivity contribution in [2.75, 3.05) is 12.0 Å². The van der Waals surface area contributed by atoms with Crippen molar-refractivity contribution in [3.8, 4) is 5.75 Å². The Hall–Kier alpha value is -2.55. The zero-order chi connectivity index (χ0) is 24.0. The molecular weight excluding hydrogens is 504 g/mol. The highest BCUT2D eigenvalue weighted by atomic mass is 35.5. The second kappa shape index (κ2) is 7.72. The van der Waals surface area contributed by atoms with Gasteiger partial charge in [0.25, 0.3) is 0 Å². The van der Waals surface area contributed by atoms with Crippen molar-refractivity contribution < 1.29 is 14.3 Å². The van der Waals surface area contributed by atoms with E-state index in [9.17, 15) is 14.4 Å². The number of carbonyl (C=O) groups excluding carboxylic acids is 2. The van der Waals surface area contributed by atoms with Gasteiger partial charge in [-0.05, 0) is 66.1 Å². The third-order valence-corrected chi connectivity index (χ3v) is 11.1. The third kappa shape index (κ3) is 2.99. The number of hydrogen-bond donors (Lipinski definition) is 1. The number of hydrogen-bond acceptors (Lipinski definition) is 6. The van der Waals surface area contributed by atoms with E-state index in [1.165, 1.54) is 16.2 Å².